The van der Waals surface area contributed by atoms with Gasteiger partial charge in [0.15, 0.2) is 0 Å². The quantitative estimate of drug-likeness (QED) is 0.784. The summed E-state index contributed by atoms with van der Waals surface area (Å²) in [7, 11) is 0. The molecule has 3 N–H and O–H groups in total. The van der Waals surface area contributed by atoms with Gasteiger partial charge in [0.2, 0.25) is 5.95 Å². The van der Waals surface area contributed by atoms with E-state index in [4.69, 9.17) is 10.5 Å². The molecule has 6 heteroatoms. The third-order valence-electron chi connectivity index (χ3n) is 3.05. The third-order valence-corrected chi connectivity index (χ3v) is 3.05. The van der Waals surface area contributed by atoms with Crippen molar-refractivity contribution in [3.63, 3.8) is 0 Å². The van der Waals surface area contributed by atoms with Gasteiger partial charge in [-0.15, -0.1) is 5.10 Å². The van der Waals surface area contributed by atoms with Crippen molar-refractivity contribution in [1.29, 1.82) is 0 Å². The Kier molecular flexibility index (Phi) is 3.28. The Morgan fingerprint density at radius 1 is 1.62 bits per heavy atom. The van der Waals surface area contributed by atoms with E-state index in [1.807, 2.05) is 6.92 Å². The molecule has 1 aliphatic rings. The van der Waals surface area contributed by atoms with Crippen LogP contribution in [0.1, 0.15) is 26.7 Å². The number of rotatable bonds is 3. The fourth-order valence-electron chi connectivity index (χ4n) is 2.03. The van der Waals surface area contributed by atoms with Crippen molar-refractivity contribution >= 4 is 5.95 Å². The van der Waals surface area contributed by atoms with E-state index in [9.17, 15) is 0 Å². The maximum Gasteiger partial charge on any atom is 0.337 e. The number of ether oxygens (including phenoxy) is 1. The molecule has 2 heterocycles. The van der Waals surface area contributed by atoms with Gasteiger partial charge in [-0.3, -0.25) is 0 Å². The summed E-state index contributed by atoms with van der Waals surface area (Å²) in [5.74, 6) is 0.756. The first-order valence-electron chi connectivity index (χ1n) is 5.79. The SMILES string of the molecule is CCOc1n[nH]c(N2CCCC(N)C2C)n1. The van der Waals surface area contributed by atoms with E-state index in [0.717, 1.165) is 25.3 Å². The van der Waals surface area contributed by atoms with E-state index in [1.54, 1.807) is 0 Å². The molecule has 2 unspecified atom stereocenters. The predicted molar refractivity (Wildman–Crippen MR) is 61.6 cm³/mol. The predicted octanol–water partition coefficient (Wildman–Crippen LogP) is 0.519. The van der Waals surface area contributed by atoms with Gasteiger partial charge in [-0.1, -0.05) is 0 Å². The molecule has 2 atom stereocenters. The fraction of sp³-hybridized carbons (Fsp3) is 0.800. The van der Waals surface area contributed by atoms with Crippen molar-refractivity contribution in [3.05, 3.63) is 0 Å². The van der Waals surface area contributed by atoms with Crippen LogP contribution in [0.3, 0.4) is 0 Å². The van der Waals surface area contributed by atoms with E-state index >= 15 is 0 Å². The Hall–Kier alpha value is -1.30. The van der Waals surface area contributed by atoms with Crippen LogP contribution in [0.4, 0.5) is 5.95 Å². The summed E-state index contributed by atoms with van der Waals surface area (Å²) < 4.78 is 5.23. The number of H-pyrrole nitrogens is 1. The van der Waals surface area contributed by atoms with Crippen LogP contribution in [0.15, 0.2) is 0 Å². The number of aromatic amines is 1. The average Bonchev–Trinajstić information content (AvgIpc) is 2.71. The highest BCUT2D eigenvalue weighted by Crippen LogP contribution is 2.21. The second-order valence-electron chi connectivity index (χ2n) is 4.11. The summed E-state index contributed by atoms with van der Waals surface area (Å²) in [6.07, 6.45) is 2.17. The lowest BCUT2D eigenvalue weighted by atomic mass is 9.99. The highest BCUT2D eigenvalue weighted by molar-refractivity contribution is 5.33. The molecule has 0 radical (unpaired) electrons. The Morgan fingerprint density at radius 3 is 3.19 bits per heavy atom. The maximum absolute atomic E-state index is 6.04. The molecular weight excluding hydrogens is 206 g/mol. The van der Waals surface area contributed by atoms with E-state index in [-0.39, 0.29) is 12.1 Å². The Labute approximate surface area is 95.2 Å². The van der Waals surface area contributed by atoms with Gasteiger partial charge >= 0.3 is 6.01 Å². The smallest absolute Gasteiger partial charge is 0.337 e. The molecule has 1 aromatic heterocycles. The lowest BCUT2D eigenvalue weighted by molar-refractivity contribution is 0.314. The zero-order valence-corrected chi connectivity index (χ0v) is 9.81. The first kappa shape index (κ1) is 11.2. The van der Waals surface area contributed by atoms with E-state index in [1.165, 1.54) is 0 Å². The standard InChI is InChI=1S/C10H19N5O/c1-3-16-10-12-9(13-14-10)15-6-4-5-8(11)7(15)2/h7-8H,3-6,11H2,1-2H3,(H,12,13,14). The molecule has 0 aromatic carbocycles. The summed E-state index contributed by atoms with van der Waals surface area (Å²) >= 11 is 0. The number of aromatic nitrogens is 3. The summed E-state index contributed by atoms with van der Waals surface area (Å²) in [6.45, 7) is 5.57. The van der Waals surface area contributed by atoms with E-state index in [0.29, 0.717) is 12.6 Å². The molecule has 1 saturated heterocycles. The van der Waals surface area contributed by atoms with Gasteiger partial charge < -0.3 is 15.4 Å². The van der Waals surface area contributed by atoms with Gasteiger partial charge in [0.25, 0.3) is 0 Å². The molecule has 0 aliphatic carbocycles. The molecule has 0 amide bonds. The number of anilines is 1. The van der Waals surface area contributed by atoms with Gasteiger partial charge in [-0.2, -0.15) is 4.98 Å². The lowest BCUT2D eigenvalue weighted by Crippen LogP contribution is -2.50. The molecule has 1 fully saturated rings. The molecule has 16 heavy (non-hydrogen) atoms. The monoisotopic (exact) mass is 225 g/mol. The van der Waals surface area contributed by atoms with Crippen molar-refractivity contribution in [2.75, 3.05) is 18.1 Å². The van der Waals surface area contributed by atoms with E-state index < -0.39 is 0 Å². The van der Waals surface area contributed by atoms with Gasteiger partial charge in [-0.05, 0) is 26.7 Å². The molecule has 2 rings (SSSR count). The highest BCUT2D eigenvalue weighted by atomic mass is 16.5. The number of hydrogen-bond donors (Lipinski definition) is 2. The van der Waals surface area contributed by atoms with Crippen LogP contribution in [0.25, 0.3) is 0 Å². The number of nitrogens with one attached hydrogen (secondary N) is 1. The Balaban J connectivity index is 2.09. The molecule has 0 spiro atoms. The summed E-state index contributed by atoms with van der Waals surface area (Å²) in [5, 5.41) is 6.90. The number of nitrogens with two attached hydrogens (primary N) is 1. The Morgan fingerprint density at radius 2 is 2.44 bits per heavy atom. The third kappa shape index (κ3) is 2.11. The average molecular weight is 225 g/mol. The normalized spacial score (nSPS) is 25.8. The largest absolute Gasteiger partial charge is 0.463 e. The summed E-state index contributed by atoms with van der Waals surface area (Å²) in [6, 6.07) is 0.898. The number of hydrogen-bond acceptors (Lipinski definition) is 5. The van der Waals surface area contributed by atoms with Crippen molar-refractivity contribution in [2.24, 2.45) is 5.73 Å². The molecule has 1 aliphatic heterocycles. The van der Waals surface area contributed by atoms with Gasteiger partial charge in [0, 0.05) is 18.6 Å². The van der Waals surface area contributed by atoms with Crippen molar-refractivity contribution in [2.45, 2.75) is 38.8 Å². The maximum atomic E-state index is 6.04. The van der Waals surface area contributed by atoms with Crippen LogP contribution >= 0.6 is 0 Å². The van der Waals surface area contributed by atoms with Gasteiger partial charge in [-0.25, -0.2) is 5.10 Å². The van der Waals surface area contributed by atoms with Gasteiger partial charge in [0.05, 0.1) is 6.61 Å². The van der Waals surface area contributed by atoms with Crippen LogP contribution in [0.5, 0.6) is 6.01 Å². The summed E-state index contributed by atoms with van der Waals surface area (Å²) in [4.78, 5) is 6.45. The number of piperidine rings is 1. The molecule has 0 bridgehead atoms. The van der Waals surface area contributed by atoms with Crippen molar-refractivity contribution < 1.29 is 4.74 Å². The van der Waals surface area contributed by atoms with Crippen LogP contribution in [-0.4, -0.2) is 40.4 Å². The van der Waals surface area contributed by atoms with Crippen LogP contribution in [0, 0.1) is 0 Å². The van der Waals surface area contributed by atoms with Crippen LogP contribution in [-0.2, 0) is 0 Å². The number of nitrogens with zero attached hydrogens (tertiary/aromatic N) is 3. The highest BCUT2D eigenvalue weighted by Gasteiger charge is 2.27. The minimum Gasteiger partial charge on any atom is -0.463 e. The van der Waals surface area contributed by atoms with Gasteiger partial charge in [0.1, 0.15) is 0 Å². The lowest BCUT2D eigenvalue weighted by Gasteiger charge is -2.37. The molecule has 0 saturated carbocycles. The van der Waals surface area contributed by atoms with Crippen LogP contribution in [0.2, 0.25) is 0 Å². The zero-order valence-electron chi connectivity index (χ0n) is 9.81. The fourth-order valence-corrected chi connectivity index (χ4v) is 2.03. The molecular formula is C10H19N5O. The minimum absolute atomic E-state index is 0.203. The second-order valence-corrected chi connectivity index (χ2v) is 4.11. The molecule has 6 nitrogen and oxygen atoms in total. The first-order valence-corrected chi connectivity index (χ1v) is 5.79. The minimum atomic E-state index is 0.203. The second kappa shape index (κ2) is 4.69. The van der Waals surface area contributed by atoms with E-state index in [2.05, 4.69) is 27.0 Å². The Bertz CT molecular complexity index is 340. The first-order chi connectivity index (χ1) is 7.72. The zero-order chi connectivity index (χ0) is 11.5. The summed E-state index contributed by atoms with van der Waals surface area (Å²) in [5.41, 5.74) is 6.04. The molecule has 1 aromatic rings. The van der Waals surface area contributed by atoms with Crippen LogP contribution < -0.4 is 15.4 Å². The topological polar surface area (TPSA) is 80.1 Å². The van der Waals surface area contributed by atoms with Crippen molar-refractivity contribution in [3.8, 4) is 6.01 Å². The molecule has 90 valence electrons. The van der Waals surface area contributed by atoms with Crippen molar-refractivity contribution in [1.82, 2.24) is 15.2 Å².